The van der Waals surface area contributed by atoms with Crippen LogP contribution in [0.4, 0.5) is 0 Å². The number of rotatable bonds is 56. The Balaban J connectivity index is 3.87. The summed E-state index contributed by atoms with van der Waals surface area (Å²) >= 11 is 0. The van der Waals surface area contributed by atoms with Gasteiger partial charge in [0.1, 0.15) is 6.10 Å². The predicted molar refractivity (Wildman–Crippen MR) is 302 cm³/mol. The molecule has 0 radical (unpaired) electrons. The molecular weight excluding hydrogens is 890 g/mol. The Morgan fingerprint density at radius 2 is 0.800 bits per heavy atom. The molecule has 2 atom stereocenters. The molecule has 0 saturated heterocycles. The minimum atomic E-state index is -4.29. The highest BCUT2D eigenvalue weighted by Gasteiger charge is 2.25. The van der Waals surface area contributed by atoms with Crippen LogP contribution in [0.5, 0.6) is 0 Å². The molecule has 0 aromatic rings. The van der Waals surface area contributed by atoms with Crippen molar-refractivity contribution >= 4 is 13.8 Å². The number of allylic oxidation sites excluding steroid dienone is 12. The third-order valence-corrected chi connectivity index (χ3v) is 13.6. The molecule has 0 spiro atoms. The van der Waals surface area contributed by atoms with E-state index >= 15 is 0 Å². The van der Waals surface area contributed by atoms with Crippen LogP contribution < -0.4 is 5.73 Å². The van der Waals surface area contributed by atoms with Gasteiger partial charge in [-0.1, -0.05) is 254 Å². The summed E-state index contributed by atoms with van der Waals surface area (Å²) in [4.78, 5) is 22.7. The average molecular weight is 1000 g/mol. The van der Waals surface area contributed by atoms with Crippen molar-refractivity contribution in [2.45, 2.75) is 277 Å². The van der Waals surface area contributed by atoms with Gasteiger partial charge in [0.15, 0.2) is 0 Å². The summed E-state index contributed by atoms with van der Waals surface area (Å²) < 4.78 is 33.7. The van der Waals surface area contributed by atoms with Crippen LogP contribution in [0.15, 0.2) is 72.9 Å². The Bertz CT molecular complexity index is 1310. The molecule has 0 saturated carbocycles. The van der Waals surface area contributed by atoms with Crippen LogP contribution in [0.25, 0.3) is 0 Å². The molecule has 8 nitrogen and oxygen atoms in total. The summed E-state index contributed by atoms with van der Waals surface area (Å²) in [6, 6.07) is 0. The van der Waals surface area contributed by atoms with Crippen LogP contribution in [0.1, 0.15) is 271 Å². The van der Waals surface area contributed by atoms with Gasteiger partial charge in [-0.3, -0.25) is 13.8 Å². The molecule has 0 aromatic carbocycles. The lowest BCUT2D eigenvalue weighted by Crippen LogP contribution is -2.28. The molecule has 3 N–H and O–H groups in total. The third-order valence-electron chi connectivity index (χ3n) is 12.6. The van der Waals surface area contributed by atoms with E-state index in [1.54, 1.807) is 0 Å². The van der Waals surface area contributed by atoms with Gasteiger partial charge in [-0.15, -0.1) is 0 Å². The lowest BCUT2D eigenvalue weighted by molar-refractivity contribution is -0.154. The minimum Gasteiger partial charge on any atom is -0.457 e. The summed E-state index contributed by atoms with van der Waals surface area (Å²) in [5, 5.41) is 0. The molecule has 0 aromatic heterocycles. The number of nitrogens with two attached hydrogens (primary N) is 1. The van der Waals surface area contributed by atoms with Crippen molar-refractivity contribution < 1.29 is 32.8 Å². The van der Waals surface area contributed by atoms with E-state index in [1.165, 1.54) is 186 Å². The van der Waals surface area contributed by atoms with Gasteiger partial charge in [-0.2, -0.15) is 0 Å². The van der Waals surface area contributed by atoms with Gasteiger partial charge in [0.05, 0.1) is 19.8 Å². The molecule has 0 rings (SSSR count). The second-order valence-electron chi connectivity index (χ2n) is 19.5. The van der Waals surface area contributed by atoms with Crippen molar-refractivity contribution in [2.24, 2.45) is 5.73 Å². The fraction of sp³-hybridized carbons (Fsp3) is 0.787. The lowest BCUT2D eigenvalue weighted by atomic mass is 10.0. The first-order valence-electron chi connectivity index (χ1n) is 29.4. The maximum Gasteiger partial charge on any atom is 0.472 e. The van der Waals surface area contributed by atoms with Gasteiger partial charge in [-0.05, 0) is 83.5 Å². The van der Waals surface area contributed by atoms with Gasteiger partial charge in [0.25, 0.3) is 0 Å². The molecule has 408 valence electrons. The molecule has 0 aliphatic rings. The number of unbranched alkanes of at least 4 members (excludes halogenated alkanes) is 31. The van der Waals surface area contributed by atoms with E-state index in [4.69, 9.17) is 24.3 Å². The topological polar surface area (TPSA) is 117 Å². The Morgan fingerprint density at radius 1 is 0.443 bits per heavy atom. The quantitative estimate of drug-likeness (QED) is 0.0268. The normalized spacial score (nSPS) is 13.7. The summed E-state index contributed by atoms with van der Waals surface area (Å²) in [5.74, 6) is -0.329. The van der Waals surface area contributed by atoms with Gasteiger partial charge in [-0.25, -0.2) is 4.57 Å². The van der Waals surface area contributed by atoms with E-state index in [1.807, 2.05) is 0 Å². The Morgan fingerprint density at radius 3 is 1.20 bits per heavy atom. The van der Waals surface area contributed by atoms with Gasteiger partial charge in [0, 0.05) is 19.6 Å². The molecule has 0 amide bonds. The zero-order chi connectivity index (χ0) is 50.8. The van der Waals surface area contributed by atoms with Crippen LogP contribution in [-0.4, -0.2) is 49.9 Å². The van der Waals surface area contributed by atoms with Crippen molar-refractivity contribution in [3.05, 3.63) is 72.9 Å². The molecule has 0 fully saturated rings. The van der Waals surface area contributed by atoms with E-state index in [-0.39, 0.29) is 32.3 Å². The van der Waals surface area contributed by atoms with E-state index in [2.05, 4.69) is 86.8 Å². The fourth-order valence-electron chi connectivity index (χ4n) is 8.32. The number of hydrogen-bond donors (Lipinski definition) is 2. The van der Waals surface area contributed by atoms with Crippen LogP contribution >= 0.6 is 7.82 Å². The molecule has 9 heteroatoms. The second-order valence-corrected chi connectivity index (χ2v) is 20.9. The molecular formula is C61H112NO7P. The number of phosphoric ester groups is 1. The first-order chi connectivity index (χ1) is 34.4. The Labute approximate surface area is 433 Å². The van der Waals surface area contributed by atoms with E-state index in [9.17, 15) is 14.3 Å². The van der Waals surface area contributed by atoms with Crippen molar-refractivity contribution in [3.8, 4) is 0 Å². The van der Waals surface area contributed by atoms with E-state index < -0.39 is 13.9 Å². The van der Waals surface area contributed by atoms with Crippen LogP contribution in [0, 0.1) is 0 Å². The van der Waals surface area contributed by atoms with Gasteiger partial charge < -0.3 is 20.1 Å². The summed E-state index contributed by atoms with van der Waals surface area (Å²) in [7, 11) is -4.29. The number of esters is 1. The maximum atomic E-state index is 12.7. The summed E-state index contributed by atoms with van der Waals surface area (Å²) in [5.41, 5.74) is 5.41. The average Bonchev–Trinajstić information content (AvgIpc) is 3.35. The highest BCUT2D eigenvalue weighted by Crippen LogP contribution is 2.43. The lowest BCUT2D eigenvalue weighted by Gasteiger charge is -2.20. The highest BCUT2D eigenvalue weighted by atomic mass is 31.2. The number of carbonyl (C=O) groups excluding carboxylic acids is 1. The standard InChI is InChI=1S/C61H112NO7P/c1-3-5-7-9-11-13-15-17-19-21-23-25-27-29-31-33-35-37-39-41-43-45-47-49-51-53-56-66-58-60(59-68-70(64,65)67-57-55-62)69-61(63)54-52-50-48-46-44-42-40-38-36-34-32-30-28-26-24-22-20-18-16-14-12-10-8-6-4-2/h5,7,11,13,16-19,22-25,60H,3-4,6,8-10,12,14-15,20-21,26-59,62H2,1-2H3,(H,64,65)/b7-5-,13-11-,18-16-,19-17-,24-22-,25-23-. The van der Waals surface area contributed by atoms with Crippen molar-refractivity contribution in [1.82, 2.24) is 0 Å². The molecule has 0 bridgehead atoms. The molecule has 2 unspecified atom stereocenters. The number of carbonyl (C=O) groups is 1. The number of ether oxygens (including phenoxy) is 2. The van der Waals surface area contributed by atoms with E-state index in [0.29, 0.717) is 13.0 Å². The van der Waals surface area contributed by atoms with Crippen molar-refractivity contribution in [1.29, 1.82) is 0 Å². The second kappa shape index (κ2) is 57.8. The minimum absolute atomic E-state index is 0.0973. The Hall–Kier alpha value is -2.06. The predicted octanol–water partition coefficient (Wildman–Crippen LogP) is 19.0. The zero-order valence-corrected chi connectivity index (χ0v) is 46.6. The first kappa shape index (κ1) is 67.9. The number of phosphoric acid groups is 1. The Kier molecular flexibility index (Phi) is 56.1. The van der Waals surface area contributed by atoms with Crippen LogP contribution in [0.3, 0.4) is 0 Å². The van der Waals surface area contributed by atoms with Crippen molar-refractivity contribution in [3.63, 3.8) is 0 Å². The van der Waals surface area contributed by atoms with Crippen LogP contribution in [0.2, 0.25) is 0 Å². The SMILES string of the molecule is CC/C=C\C/C=C\C/C=C\C/C=C\CCCCCCCCCCCCCCCOCC(COP(=O)(O)OCCN)OC(=O)CCCCCCCCCCCCCCC/C=C\C/C=C\CCCCCCC. The number of hydrogen-bond acceptors (Lipinski definition) is 7. The summed E-state index contributed by atoms with van der Waals surface area (Å²) in [6.07, 6.45) is 75.3. The van der Waals surface area contributed by atoms with Gasteiger partial charge in [0.2, 0.25) is 0 Å². The molecule has 0 heterocycles. The third kappa shape index (κ3) is 56.8. The largest absolute Gasteiger partial charge is 0.472 e. The van der Waals surface area contributed by atoms with Crippen LogP contribution in [-0.2, 0) is 27.9 Å². The smallest absolute Gasteiger partial charge is 0.457 e. The van der Waals surface area contributed by atoms with Gasteiger partial charge >= 0.3 is 13.8 Å². The molecule has 0 aliphatic heterocycles. The first-order valence-corrected chi connectivity index (χ1v) is 30.9. The van der Waals surface area contributed by atoms with Crippen molar-refractivity contribution in [2.75, 3.05) is 33.0 Å². The molecule has 0 aliphatic carbocycles. The monoisotopic (exact) mass is 1000 g/mol. The summed E-state index contributed by atoms with van der Waals surface area (Å²) in [6.45, 7) is 4.83. The maximum absolute atomic E-state index is 12.7. The van der Waals surface area contributed by atoms with E-state index in [0.717, 1.165) is 64.2 Å². The molecule has 70 heavy (non-hydrogen) atoms. The highest BCUT2D eigenvalue weighted by molar-refractivity contribution is 7.47. The fourth-order valence-corrected chi connectivity index (χ4v) is 9.08. The zero-order valence-electron chi connectivity index (χ0n) is 45.7.